The molecule has 0 saturated carbocycles. The Labute approximate surface area is 84.1 Å². The Kier molecular flexibility index (Phi) is 3.84. The first-order chi connectivity index (χ1) is 6.77. The fourth-order valence-corrected chi connectivity index (χ4v) is 1.12. The van der Waals surface area contributed by atoms with Crippen molar-refractivity contribution in [3.05, 3.63) is 35.2 Å². The molecular weight excluding hydrogens is 174 g/mol. The lowest BCUT2D eigenvalue weighted by molar-refractivity contribution is 0.922. The quantitative estimate of drug-likeness (QED) is 0.780. The molecule has 0 amide bonds. The normalized spacial score (nSPS) is 10.4. The summed E-state index contributed by atoms with van der Waals surface area (Å²) in [5, 5.41) is 11.7. The van der Waals surface area contributed by atoms with Crippen molar-refractivity contribution < 1.29 is 0 Å². The smallest absolute Gasteiger partial charge is 0.143 e. The minimum absolute atomic E-state index is 0.496. The van der Waals surface area contributed by atoms with E-state index in [1.807, 2.05) is 38.3 Å². The second kappa shape index (κ2) is 5.15. The topological polar surface area (TPSA) is 48.7 Å². The number of hydrogen-bond acceptors (Lipinski definition) is 3. The Hall–Kier alpha value is -1.66. The molecule has 0 bridgehead atoms. The maximum absolute atomic E-state index is 8.68. The molecule has 1 aromatic rings. The first-order valence-corrected chi connectivity index (χ1v) is 4.46. The molecule has 0 fully saturated rings. The van der Waals surface area contributed by atoms with Gasteiger partial charge in [-0.25, -0.2) is 4.98 Å². The van der Waals surface area contributed by atoms with Gasteiger partial charge in [-0.05, 0) is 31.2 Å². The monoisotopic (exact) mass is 187 g/mol. The van der Waals surface area contributed by atoms with Gasteiger partial charge in [-0.1, -0.05) is 12.2 Å². The van der Waals surface area contributed by atoms with Crippen molar-refractivity contribution in [3.63, 3.8) is 0 Å². The standard InChI is InChI=1S/C11H13N3/c1-9-6-10(4-3-5-13-2)8-14-11(9)7-12/h3-4,6,8,13H,5H2,1-2H3. The number of pyridine rings is 1. The van der Waals surface area contributed by atoms with Crippen LogP contribution in [-0.2, 0) is 0 Å². The number of nitrogens with zero attached hydrogens (tertiary/aromatic N) is 2. The SMILES string of the molecule is CNCC=Cc1cnc(C#N)c(C)c1. The van der Waals surface area contributed by atoms with Crippen LogP contribution in [-0.4, -0.2) is 18.6 Å². The van der Waals surface area contributed by atoms with Crippen LogP contribution >= 0.6 is 0 Å². The van der Waals surface area contributed by atoms with Crippen molar-refractivity contribution in [3.8, 4) is 6.07 Å². The van der Waals surface area contributed by atoms with Gasteiger partial charge in [0.1, 0.15) is 11.8 Å². The van der Waals surface area contributed by atoms with Gasteiger partial charge in [0.05, 0.1) is 0 Å². The highest BCUT2D eigenvalue weighted by Crippen LogP contribution is 2.07. The molecule has 72 valence electrons. The van der Waals surface area contributed by atoms with E-state index in [9.17, 15) is 0 Å². The van der Waals surface area contributed by atoms with Crippen LogP contribution in [0.3, 0.4) is 0 Å². The molecular formula is C11H13N3. The lowest BCUT2D eigenvalue weighted by Gasteiger charge is -1.97. The van der Waals surface area contributed by atoms with Gasteiger partial charge in [-0.15, -0.1) is 0 Å². The number of aryl methyl sites for hydroxylation is 1. The first kappa shape index (κ1) is 10.4. The van der Waals surface area contributed by atoms with Crippen molar-refractivity contribution in [2.45, 2.75) is 6.92 Å². The van der Waals surface area contributed by atoms with Gasteiger partial charge in [-0.2, -0.15) is 5.26 Å². The molecule has 3 nitrogen and oxygen atoms in total. The molecule has 0 aliphatic heterocycles. The second-order valence-corrected chi connectivity index (χ2v) is 3.01. The summed E-state index contributed by atoms with van der Waals surface area (Å²) < 4.78 is 0. The van der Waals surface area contributed by atoms with Crippen molar-refractivity contribution in [2.24, 2.45) is 0 Å². The van der Waals surface area contributed by atoms with Crippen LogP contribution in [0.2, 0.25) is 0 Å². The zero-order chi connectivity index (χ0) is 10.4. The maximum atomic E-state index is 8.68. The molecule has 14 heavy (non-hydrogen) atoms. The third kappa shape index (κ3) is 2.68. The zero-order valence-electron chi connectivity index (χ0n) is 8.41. The minimum atomic E-state index is 0.496. The van der Waals surface area contributed by atoms with E-state index in [-0.39, 0.29) is 0 Å². The molecule has 1 rings (SSSR count). The van der Waals surface area contributed by atoms with Gasteiger partial charge in [-0.3, -0.25) is 0 Å². The van der Waals surface area contributed by atoms with Crippen molar-refractivity contribution in [1.82, 2.24) is 10.3 Å². The molecule has 0 unspecified atom stereocenters. The fraction of sp³-hybridized carbons (Fsp3) is 0.273. The Morgan fingerprint density at radius 2 is 2.43 bits per heavy atom. The van der Waals surface area contributed by atoms with Gasteiger partial charge in [0.15, 0.2) is 0 Å². The van der Waals surface area contributed by atoms with Crippen molar-refractivity contribution in [1.29, 1.82) is 5.26 Å². The third-order valence-corrected chi connectivity index (χ3v) is 1.84. The molecule has 1 heterocycles. The van der Waals surface area contributed by atoms with E-state index >= 15 is 0 Å². The molecule has 1 N–H and O–H groups in total. The Balaban J connectivity index is 2.82. The lowest BCUT2D eigenvalue weighted by atomic mass is 10.1. The molecule has 0 spiro atoms. The predicted octanol–water partition coefficient (Wildman–Crippen LogP) is 1.49. The lowest BCUT2D eigenvalue weighted by Crippen LogP contribution is -2.03. The second-order valence-electron chi connectivity index (χ2n) is 3.01. The highest BCUT2D eigenvalue weighted by Gasteiger charge is 1.97. The summed E-state index contributed by atoms with van der Waals surface area (Å²) in [6.07, 6.45) is 5.71. The summed E-state index contributed by atoms with van der Waals surface area (Å²) in [6, 6.07) is 4.00. The summed E-state index contributed by atoms with van der Waals surface area (Å²) in [7, 11) is 1.90. The molecule has 1 aromatic heterocycles. The van der Waals surface area contributed by atoms with Crippen LogP contribution in [0.4, 0.5) is 0 Å². The highest BCUT2D eigenvalue weighted by atomic mass is 14.8. The average molecular weight is 187 g/mol. The summed E-state index contributed by atoms with van der Waals surface area (Å²) in [5.74, 6) is 0. The van der Waals surface area contributed by atoms with Gasteiger partial charge in [0, 0.05) is 12.7 Å². The number of nitrogens with one attached hydrogen (secondary N) is 1. The Morgan fingerprint density at radius 1 is 1.64 bits per heavy atom. The summed E-state index contributed by atoms with van der Waals surface area (Å²) >= 11 is 0. The average Bonchev–Trinajstić information content (AvgIpc) is 2.18. The number of aromatic nitrogens is 1. The van der Waals surface area contributed by atoms with Crippen LogP contribution in [0, 0.1) is 18.3 Å². The van der Waals surface area contributed by atoms with E-state index in [1.54, 1.807) is 6.20 Å². The van der Waals surface area contributed by atoms with Gasteiger partial charge < -0.3 is 5.32 Å². The van der Waals surface area contributed by atoms with Crippen LogP contribution < -0.4 is 5.32 Å². The summed E-state index contributed by atoms with van der Waals surface area (Å²) in [5.41, 5.74) is 2.44. The predicted molar refractivity (Wildman–Crippen MR) is 56.6 cm³/mol. The van der Waals surface area contributed by atoms with E-state index in [2.05, 4.69) is 10.3 Å². The zero-order valence-corrected chi connectivity index (χ0v) is 8.41. The van der Waals surface area contributed by atoms with Gasteiger partial charge >= 0.3 is 0 Å². The van der Waals surface area contributed by atoms with Crippen LogP contribution in [0.1, 0.15) is 16.8 Å². The van der Waals surface area contributed by atoms with Crippen LogP contribution in [0.15, 0.2) is 18.3 Å². The van der Waals surface area contributed by atoms with Crippen LogP contribution in [0.25, 0.3) is 6.08 Å². The van der Waals surface area contributed by atoms with Gasteiger partial charge in [0.25, 0.3) is 0 Å². The van der Waals surface area contributed by atoms with Gasteiger partial charge in [0.2, 0.25) is 0 Å². The third-order valence-electron chi connectivity index (χ3n) is 1.84. The largest absolute Gasteiger partial charge is 0.316 e. The Bertz CT molecular complexity index is 375. The molecule has 0 atom stereocenters. The number of nitriles is 1. The molecule has 0 aromatic carbocycles. The molecule has 0 aliphatic rings. The van der Waals surface area contributed by atoms with Crippen molar-refractivity contribution in [2.75, 3.05) is 13.6 Å². The van der Waals surface area contributed by atoms with E-state index in [0.717, 1.165) is 17.7 Å². The summed E-state index contributed by atoms with van der Waals surface area (Å²) in [4.78, 5) is 4.04. The fourth-order valence-electron chi connectivity index (χ4n) is 1.12. The van der Waals surface area contributed by atoms with Crippen LogP contribution in [0.5, 0.6) is 0 Å². The maximum Gasteiger partial charge on any atom is 0.143 e. The number of hydrogen-bond donors (Lipinski definition) is 1. The molecule has 3 heteroatoms. The first-order valence-electron chi connectivity index (χ1n) is 4.46. The van der Waals surface area contributed by atoms with E-state index < -0.39 is 0 Å². The van der Waals surface area contributed by atoms with E-state index in [4.69, 9.17) is 5.26 Å². The molecule has 0 aliphatic carbocycles. The highest BCUT2D eigenvalue weighted by molar-refractivity contribution is 5.50. The number of rotatable bonds is 3. The van der Waals surface area contributed by atoms with E-state index in [0.29, 0.717) is 5.69 Å². The van der Waals surface area contributed by atoms with E-state index in [1.165, 1.54) is 0 Å². The Morgan fingerprint density at radius 3 is 3.00 bits per heavy atom. The number of likely N-dealkylation sites (N-methyl/N-ethyl adjacent to an activating group) is 1. The molecule has 0 radical (unpaired) electrons. The van der Waals surface area contributed by atoms with Crippen molar-refractivity contribution >= 4 is 6.08 Å². The minimum Gasteiger partial charge on any atom is -0.316 e. The summed E-state index contributed by atoms with van der Waals surface area (Å²) in [6.45, 7) is 2.72. The molecule has 0 saturated heterocycles.